The SMILES string of the molecule is Cc1c(C(=O)O)ncc2c1c1cc(OCc3ccccc3)ccc1n2C. The largest absolute Gasteiger partial charge is 0.489 e. The van der Waals surface area contributed by atoms with E-state index in [0.29, 0.717) is 12.2 Å². The number of hydrogen-bond donors (Lipinski definition) is 1. The lowest BCUT2D eigenvalue weighted by Crippen LogP contribution is -2.03. The number of aromatic nitrogens is 2. The molecule has 2 aromatic heterocycles. The summed E-state index contributed by atoms with van der Waals surface area (Å²) < 4.78 is 7.96. The van der Waals surface area contributed by atoms with Gasteiger partial charge in [-0.1, -0.05) is 30.3 Å². The maximum Gasteiger partial charge on any atom is 0.354 e. The number of ether oxygens (including phenoxy) is 1. The second-order valence-electron chi connectivity index (χ2n) is 6.31. The van der Waals surface area contributed by atoms with Gasteiger partial charge in [0.25, 0.3) is 0 Å². The molecule has 0 aliphatic carbocycles. The van der Waals surface area contributed by atoms with Gasteiger partial charge < -0.3 is 14.4 Å². The molecule has 0 bridgehead atoms. The zero-order valence-electron chi connectivity index (χ0n) is 14.6. The van der Waals surface area contributed by atoms with Gasteiger partial charge in [-0.25, -0.2) is 9.78 Å². The molecule has 0 aliphatic heterocycles. The van der Waals surface area contributed by atoms with Crippen LogP contribution in [0.3, 0.4) is 0 Å². The summed E-state index contributed by atoms with van der Waals surface area (Å²) in [5.41, 5.74) is 3.77. The highest BCUT2D eigenvalue weighted by atomic mass is 16.5. The first kappa shape index (κ1) is 16.1. The van der Waals surface area contributed by atoms with Crippen molar-refractivity contribution in [2.75, 3.05) is 0 Å². The Balaban J connectivity index is 1.82. The predicted molar refractivity (Wildman–Crippen MR) is 101 cm³/mol. The number of aromatic carboxylic acids is 1. The minimum atomic E-state index is -1.02. The van der Waals surface area contributed by atoms with Crippen LogP contribution in [-0.4, -0.2) is 20.6 Å². The number of carboxylic acid groups (broad SMARTS) is 1. The molecule has 4 rings (SSSR count). The Bertz CT molecular complexity index is 1130. The van der Waals surface area contributed by atoms with E-state index in [0.717, 1.165) is 33.1 Å². The van der Waals surface area contributed by atoms with Crippen molar-refractivity contribution in [3.8, 4) is 5.75 Å². The Hall–Kier alpha value is -3.34. The van der Waals surface area contributed by atoms with Gasteiger partial charge in [-0.3, -0.25) is 0 Å². The van der Waals surface area contributed by atoms with Crippen LogP contribution < -0.4 is 4.74 Å². The smallest absolute Gasteiger partial charge is 0.354 e. The fraction of sp³-hybridized carbons (Fsp3) is 0.143. The molecule has 0 saturated carbocycles. The van der Waals surface area contributed by atoms with Gasteiger partial charge in [-0.05, 0) is 36.2 Å². The van der Waals surface area contributed by atoms with Crippen molar-refractivity contribution >= 4 is 27.8 Å². The highest BCUT2D eigenvalue weighted by Crippen LogP contribution is 2.33. The van der Waals surface area contributed by atoms with Crippen LogP contribution in [0, 0.1) is 6.92 Å². The second-order valence-corrected chi connectivity index (χ2v) is 6.31. The highest BCUT2D eigenvalue weighted by molar-refractivity contribution is 6.11. The van der Waals surface area contributed by atoms with E-state index in [4.69, 9.17) is 4.74 Å². The maximum absolute atomic E-state index is 11.4. The van der Waals surface area contributed by atoms with E-state index in [9.17, 15) is 9.90 Å². The van der Waals surface area contributed by atoms with E-state index in [1.807, 2.05) is 60.1 Å². The van der Waals surface area contributed by atoms with Gasteiger partial charge in [0.1, 0.15) is 12.4 Å². The Morgan fingerprint density at radius 3 is 2.65 bits per heavy atom. The molecule has 0 unspecified atom stereocenters. The van der Waals surface area contributed by atoms with Crippen LogP contribution >= 0.6 is 0 Å². The Morgan fingerprint density at radius 2 is 1.92 bits per heavy atom. The number of aryl methyl sites for hydroxylation is 2. The van der Waals surface area contributed by atoms with Crippen LogP contribution in [-0.2, 0) is 13.7 Å². The molecule has 5 heteroatoms. The third-order valence-electron chi connectivity index (χ3n) is 4.71. The number of benzene rings is 2. The van der Waals surface area contributed by atoms with Gasteiger partial charge in [0, 0.05) is 23.3 Å². The van der Waals surface area contributed by atoms with Crippen LogP contribution in [0.5, 0.6) is 5.75 Å². The maximum atomic E-state index is 11.4. The molecule has 5 nitrogen and oxygen atoms in total. The molecule has 0 saturated heterocycles. The summed E-state index contributed by atoms with van der Waals surface area (Å²) in [5, 5.41) is 11.2. The van der Waals surface area contributed by atoms with E-state index >= 15 is 0 Å². The summed E-state index contributed by atoms with van der Waals surface area (Å²) in [6, 6.07) is 15.9. The predicted octanol–water partition coefficient (Wildman–Crippen LogP) is 4.31. The first-order valence-electron chi connectivity index (χ1n) is 8.34. The number of rotatable bonds is 4. The quantitative estimate of drug-likeness (QED) is 0.598. The average molecular weight is 346 g/mol. The van der Waals surface area contributed by atoms with Crippen molar-refractivity contribution < 1.29 is 14.6 Å². The Labute approximate surface area is 150 Å². The number of nitrogens with zero attached hydrogens (tertiary/aromatic N) is 2. The first-order chi connectivity index (χ1) is 12.6. The molecule has 4 aromatic rings. The van der Waals surface area contributed by atoms with Crippen molar-refractivity contribution in [2.24, 2.45) is 7.05 Å². The molecule has 0 spiro atoms. The monoisotopic (exact) mass is 346 g/mol. The van der Waals surface area contributed by atoms with Gasteiger partial charge in [0.05, 0.1) is 11.7 Å². The molecule has 0 radical (unpaired) electrons. The topological polar surface area (TPSA) is 64.3 Å². The van der Waals surface area contributed by atoms with E-state index in [1.165, 1.54) is 0 Å². The molecule has 0 amide bonds. The molecule has 26 heavy (non-hydrogen) atoms. The number of fused-ring (bicyclic) bond motifs is 3. The minimum Gasteiger partial charge on any atom is -0.489 e. The second kappa shape index (κ2) is 6.19. The van der Waals surface area contributed by atoms with Gasteiger partial charge >= 0.3 is 5.97 Å². The van der Waals surface area contributed by atoms with Gasteiger partial charge in [-0.2, -0.15) is 0 Å². The number of hydrogen-bond acceptors (Lipinski definition) is 3. The van der Waals surface area contributed by atoms with Crippen LogP contribution in [0.1, 0.15) is 21.6 Å². The summed E-state index contributed by atoms with van der Waals surface area (Å²) in [6.45, 7) is 2.29. The number of carboxylic acids is 1. The normalized spacial score (nSPS) is 11.2. The minimum absolute atomic E-state index is 0.0839. The van der Waals surface area contributed by atoms with Crippen LogP contribution in [0.15, 0.2) is 54.7 Å². The molecule has 0 fully saturated rings. The molecule has 2 aromatic carbocycles. The van der Waals surface area contributed by atoms with Crippen molar-refractivity contribution in [1.29, 1.82) is 0 Å². The lowest BCUT2D eigenvalue weighted by Gasteiger charge is -2.07. The van der Waals surface area contributed by atoms with Crippen molar-refractivity contribution in [3.05, 3.63) is 71.5 Å². The molecular weight excluding hydrogens is 328 g/mol. The standard InChI is InChI=1S/C21H18N2O3/c1-13-19-16-10-15(26-12-14-6-4-3-5-7-14)8-9-17(16)23(2)18(19)11-22-20(13)21(24)25/h3-11H,12H2,1-2H3,(H,24,25). The molecule has 2 heterocycles. The molecule has 130 valence electrons. The van der Waals surface area contributed by atoms with E-state index in [1.54, 1.807) is 13.1 Å². The molecule has 0 aliphatic rings. The lowest BCUT2D eigenvalue weighted by molar-refractivity contribution is 0.0690. The summed E-state index contributed by atoms with van der Waals surface area (Å²) in [4.78, 5) is 15.5. The molecule has 1 N–H and O–H groups in total. The summed E-state index contributed by atoms with van der Waals surface area (Å²) in [5.74, 6) is -0.264. The summed E-state index contributed by atoms with van der Waals surface area (Å²) >= 11 is 0. The fourth-order valence-electron chi connectivity index (χ4n) is 3.38. The van der Waals surface area contributed by atoms with Crippen molar-refractivity contribution in [2.45, 2.75) is 13.5 Å². The third kappa shape index (κ3) is 2.58. The van der Waals surface area contributed by atoms with Gasteiger partial charge in [0.15, 0.2) is 5.69 Å². The van der Waals surface area contributed by atoms with E-state index in [-0.39, 0.29) is 5.69 Å². The highest BCUT2D eigenvalue weighted by Gasteiger charge is 2.17. The van der Waals surface area contributed by atoms with Gasteiger partial charge in [0.2, 0.25) is 0 Å². The van der Waals surface area contributed by atoms with E-state index in [2.05, 4.69) is 4.98 Å². The third-order valence-corrected chi connectivity index (χ3v) is 4.71. The molecular formula is C21H18N2O3. The van der Waals surface area contributed by atoms with Crippen LogP contribution in [0.4, 0.5) is 0 Å². The first-order valence-corrected chi connectivity index (χ1v) is 8.34. The van der Waals surface area contributed by atoms with Crippen LogP contribution in [0.25, 0.3) is 21.8 Å². The van der Waals surface area contributed by atoms with E-state index < -0.39 is 5.97 Å². The molecule has 0 atom stereocenters. The van der Waals surface area contributed by atoms with Crippen molar-refractivity contribution in [3.63, 3.8) is 0 Å². The summed E-state index contributed by atoms with van der Waals surface area (Å²) in [6.07, 6.45) is 1.62. The Kier molecular flexibility index (Phi) is 3.84. The van der Waals surface area contributed by atoms with Gasteiger partial charge in [-0.15, -0.1) is 0 Å². The summed E-state index contributed by atoms with van der Waals surface area (Å²) in [7, 11) is 1.96. The zero-order chi connectivity index (χ0) is 18.3. The average Bonchev–Trinajstić information content (AvgIpc) is 2.93. The lowest BCUT2D eigenvalue weighted by atomic mass is 10.1. The number of pyridine rings is 1. The Morgan fingerprint density at radius 1 is 1.15 bits per heavy atom. The van der Waals surface area contributed by atoms with Crippen LogP contribution in [0.2, 0.25) is 0 Å². The zero-order valence-corrected chi connectivity index (χ0v) is 14.6. The fourth-order valence-corrected chi connectivity index (χ4v) is 3.38. The number of carbonyl (C=O) groups is 1. The van der Waals surface area contributed by atoms with Crippen molar-refractivity contribution in [1.82, 2.24) is 9.55 Å².